The number of rotatable bonds is 3. The van der Waals surface area contributed by atoms with E-state index < -0.39 is 0 Å². The fourth-order valence-corrected chi connectivity index (χ4v) is 3.38. The molecule has 2 N–H and O–H groups in total. The number of benzene rings is 2. The van der Waals surface area contributed by atoms with Gasteiger partial charge in [-0.3, -0.25) is 0 Å². The van der Waals surface area contributed by atoms with Crippen LogP contribution in [0.5, 0.6) is 0 Å². The summed E-state index contributed by atoms with van der Waals surface area (Å²) in [6, 6.07) is 19.6. The van der Waals surface area contributed by atoms with Crippen LogP contribution >= 0.6 is 11.6 Å². The summed E-state index contributed by atoms with van der Waals surface area (Å²) in [5, 5.41) is 0.809. The fraction of sp³-hybridized carbons (Fsp3) is 0.333. The van der Waals surface area contributed by atoms with Gasteiger partial charge in [-0.05, 0) is 12.1 Å². The standard InChI is InChI=1S/C18H21ClN2/c1-20-11-13-21(14-12-20)18(15-5-3-2-4-6-15)16-7-9-17(19)10-8-16/h2-10,18H,11-14H2,1H3/p+2/t18-/m1/s1. The molecule has 0 aromatic heterocycles. The van der Waals surface area contributed by atoms with Gasteiger partial charge >= 0.3 is 0 Å². The van der Waals surface area contributed by atoms with E-state index in [0.717, 1.165) is 5.02 Å². The third-order valence-corrected chi connectivity index (χ3v) is 4.74. The van der Waals surface area contributed by atoms with Gasteiger partial charge in [0.05, 0.1) is 7.05 Å². The first-order valence-electron chi connectivity index (χ1n) is 7.70. The molecule has 1 fully saturated rings. The highest BCUT2D eigenvalue weighted by Crippen LogP contribution is 2.21. The number of nitrogens with one attached hydrogen (secondary N) is 2. The molecule has 0 aliphatic carbocycles. The van der Waals surface area contributed by atoms with Crippen LogP contribution in [0.25, 0.3) is 0 Å². The zero-order chi connectivity index (χ0) is 14.7. The molecular weight excluding hydrogens is 280 g/mol. The Bertz CT molecular complexity index is 560. The molecule has 0 amide bonds. The third kappa shape index (κ3) is 3.46. The van der Waals surface area contributed by atoms with Crippen LogP contribution in [-0.4, -0.2) is 33.2 Å². The predicted octanol–water partition coefficient (Wildman–Crippen LogP) is 0.843. The Morgan fingerprint density at radius 1 is 0.810 bits per heavy atom. The highest BCUT2D eigenvalue weighted by molar-refractivity contribution is 6.30. The smallest absolute Gasteiger partial charge is 0.139 e. The average Bonchev–Trinajstić information content (AvgIpc) is 2.52. The molecule has 1 aliphatic heterocycles. The zero-order valence-corrected chi connectivity index (χ0v) is 13.2. The molecule has 0 saturated carbocycles. The van der Waals surface area contributed by atoms with Crippen molar-refractivity contribution in [3.8, 4) is 0 Å². The zero-order valence-electron chi connectivity index (χ0n) is 12.5. The van der Waals surface area contributed by atoms with E-state index in [9.17, 15) is 0 Å². The van der Waals surface area contributed by atoms with Crippen molar-refractivity contribution in [2.24, 2.45) is 0 Å². The lowest BCUT2D eigenvalue weighted by molar-refractivity contribution is -1.02. The molecule has 1 heterocycles. The molecule has 1 saturated heterocycles. The van der Waals surface area contributed by atoms with Crippen LogP contribution in [0.15, 0.2) is 54.6 Å². The van der Waals surface area contributed by atoms with E-state index in [1.165, 1.54) is 37.3 Å². The number of quaternary nitrogens is 2. The SMILES string of the molecule is C[NH+]1CC[NH+]([C@H](c2ccccc2)c2ccc(Cl)cc2)CC1. The summed E-state index contributed by atoms with van der Waals surface area (Å²) >= 11 is 6.06. The van der Waals surface area contributed by atoms with E-state index in [-0.39, 0.29) is 0 Å². The van der Waals surface area contributed by atoms with Crippen molar-refractivity contribution in [1.29, 1.82) is 0 Å². The molecule has 3 rings (SSSR count). The lowest BCUT2D eigenvalue weighted by Crippen LogP contribution is -3.27. The van der Waals surface area contributed by atoms with Gasteiger partial charge in [-0.15, -0.1) is 0 Å². The van der Waals surface area contributed by atoms with Gasteiger partial charge < -0.3 is 9.80 Å². The van der Waals surface area contributed by atoms with E-state index >= 15 is 0 Å². The van der Waals surface area contributed by atoms with Gasteiger partial charge in [-0.1, -0.05) is 54.1 Å². The monoisotopic (exact) mass is 302 g/mol. The molecule has 2 aromatic rings. The summed E-state index contributed by atoms with van der Waals surface area (Å²) in [4.78, 5) is 3.30. The quantitative estimate of drug-likeness (QED) is 0.832. The number of piperazine rings is 1. The van der Waals surface area contributed by atoms with E-state index in [0.29, 0.717) is 6.04 Å². The minimum atomic E-state index is 0.413. The Balaban J connectivity index is 1.93. The maximum Gasteiger partial charge on any atom is 0.139 e. The molecule has 2 aromatic carbocycles. The number of likely N-dealkylation sites (N-methyl/N-ethyl adjacent to an activating group) is 1. The van der Waals surface area contributed by atoms with Crippen molar-refractivity contribution in [1.82, 2.24) is 0 Å². The molecule has 0 bridgehead atoms. The normalized spacial score (nSPS) is 23.7. The van der Waals surface area contributed by atoms with Crippen molar-refractivity contribution in [2.45, 2.75) is 6.04 Å². The summed E-state index contributed by atoms with van der Waals surface area (Å²) < 4.78 is 0. The van der Waals surface area contributed by atoms with Crippen LogP contribution in [0.4, 0.5) is 0 Å². The Morgan fingerprint density at radius 3 is 2.00 bits per heavy atom. The molecule has 0 unspecified atom stereocenters. The minimum absolute atomic E-state index is 0.413. The molecule has 110 valence electrons. The Hall–Kier alpha value is -1.35. The number of hydrogen-bond acceptors (Lipinski definition) is 0. The lowest BCUT2D eigenvalue weighted by atomic mass is 9.96. The predicted molar refractivity (Wildman–Crippen MR) is 87.1 cm³/mol. The van der Waals surface area contributed by atoms with Crippen LogP contribution < -0.4 is 9.80 Å². The van der Waals surface area contributed by atoms with Gasteiger partial charge in [-0.2, -0.15) is 0 Å². The van der Waals surface area contributed by atoms with E-state index in [4.69, 9.17) is 11.6 Å². The molecule has 0 radical (unpaired) electrons. The highest BCUT2D eigenvalue weighted by Gasteiger charge is 2.30. The molecule has 2 nitrogen and oxygen atoms in total. The second-order valence-corrected chi connectivity index (χ2v) is 6.45. The van der Waals surface area contributed by atoms with Crippen molar-refractivity contribution in [3.05, 3.63) is 70.7 Å². The van der Waals surface area contributed by atoms with Crippen molar-refractivity contribution >= 4 is 11.6 Å². The second-order valence-electron chi connectivity index (χ2n) is 6.01. The fourth-order valence-electron chi connectivity index (χ4n) is 3.25. The van der Waals surface area contributed by atoms with E-state index in [1.807, 2.05) is 12.1 Å². The Kier molecular flexibility index (Phi) is 4.59. The summed E-state index contributed by atoms with van der Waals surface area (Å²) in [7, 11) is 2.29. The van der Waals surface area contributed by atoms with Crippen molar-refractivity contribution < 1.29 is 9.80 Å². The van der Waals surface area contributed by atoms with E-state index in [2.05, 4.69) is 49.5 Å². The minimum Gasteiger partial charge on any atom is -0.328 e. The maximum absolute atomic E-state index is 6.06. The molecule has 1 aliphatic rings. The lowest BCUT2D eigenvalue weighted by Gasteiger charge is -2.33. The van der Waals surface area contributed by atoms with Crippen LogP contribution in [0.3, 0.4) is 0 Å². The molecule has 0 spiro atoms. The Labute approximate surface area is 131 Å². The second kappa shape index (κ2) is 6.61. The number of halogens is 1. The van der Waals surface area contributed by atoms with Crippen molar-refractivity contribution in [3.63, 3.8) is 0 Å². The van der Waals surface area contributed by atoms with Gasteiger partial charge in [0, 0.05) is 16.1 Å². The number of hydrogen-bond donors (Lipinski definition) is 2. The first kappa shape index (κ1) is 14.6. The largest absolute Gasteiger partial charge is 0.328 e. The van der Waals surface area contributed by atoms with Crippen LogP contribution in [0.1, 0.15) is 17.2 Å². The van der Waals surface area contributed by atoms with Crippen LogP contribution in [0.2, 0.25) is 5.02 Å². The summed E-state index contributed by atoms with van der Waals surface area (Å²) in [6.07, 6.45) is 0. The average molecular weight is 303 g/mol. The summed E-state index contributed by atoms with van der Waals surface area (Å²) in [5.41, 5.74) is 2.76. The van der Waals surface area contributed by atoms with Gasteiger partial charge in [0.25, 0.3) is 0 Å². The van der Waals surface area contributed by atoms with Crippen molar-refractivity contribution in [2.75, 3.05) is 33.2 Å². The van der Waals surface area contributed by atoms with Crippen LogP contribution in [0, 0.1) is 0 Å². The first-order valence-corrected chi connectivity index (χ1v) is 8.08. The maximum atomic E-state index is 6.06. The van der Waals surface area contributed by atoms with E-state index in [1.54, 1.807) is 9.80 Å². The third-order valence-electron chi connectivity index (χ3n) is 4.49. The van der Waals surface area contributed by atoms with Gasteiger partial charge in [0.15, 0.2) is 0 Å². The summed E-state index contributed by atoms with van der Waals surface area (Å²) in [5.74, 6) is 0. The Morgan fingerprint density at radius 2 is 1.38 bits per heavy atom. The van der Waals surface area contributed by atoms with Crippen LogP contribution in [-0.2, 0) is 0 Å². The highest BCUT2D eigenvalue weighted by atomic mass is 35.5. The van der Waals surface area contributed by atoms with Gasteiger partial charge in [0.2, 0.25) is 0 Å². The summed E-state index contributed by atoms with van der Waals surface area (Å²) in [6.45, 7) is 4.92. The van der Waals surface area contributed by atoms with Gasteiger partial charge in [0.1, 0.15) is 32.2 Å². The molecule has 3 heteroatoms. The van der Waals surface area contributed by atoms with Gasteiger partial charge in [-0.25, -0.2) is 0 Å². The molecular formula is C18H23ClN2+2. The topological polar surface area (TPSA) is 8.88 Å². The first-order chi connectivity index (χ1) is 10.2. The molecule has 1 atom stereocenters. The molecule has 21 heavy (non-hydrogen) atoms.